The molecule has 8 rings (SSSR count). The molecule has 1 saturated heterocycles. The van der Waals surface area contributed by atoms with E-state index in [0.29, 0.717) is 18.9 Å². The summed E-state index contributed by atoms with van der Waals surface area (Å²) in [6.07, 6.45) is 4.11. The van der Waals surface area contributed by atoms with E-state index in [1.807, 2.05) is 24.6 Å². The van der Waals surface area contributed by atoms with Gasteiger partial charge in [0, 0.05) is 71.6 Å². The van der Waals surface area contributed by atoms with Crippen LogP contribution in [0.15, 0.2) is 41.9 Å². The van der Waals surface area contributed by atoms with Crippen molar-refractivity contribution < 1.29 is 23.9 Å². The number of nitrogens with one attached hydrogen (secondary N) is 2. The van der Waals surface area contributed by atoms with Gasteiger partial charge in [0.2, 0.25) is 5.91 Å². The lowest BCUT2D eigenvalue weighted by atomic mass is 9.84. The summed E-state index contributed by atoms with van der Waals surface area (Å²) in [5, 5.41) is 8.54. The van der Waals surface area contributed by atoms with E-state index < -0.39 is 17.5 Å². The molecule has 4 aromatic rings. The Morgan fingerprint density at radius 2 is 2.02 bits per heavy atom. The van der Waals surface area contributed by atoms with Crippen molar-refractivity contribution in [2.45, 2.75) is 92.0 Å². The summed E-state index contributed by atoms with van der Waals surface area (Å²) < 4.78 is 14.3. The van der Waals surface area contributed by atoms with E-state index in [-0.39, 0.29) is 54.2 Å². The molecule has 3 aromatic heterocycles. The Balaban J connectivity index is 1.26. The number of carbonyl (C=O) groups excluding carboxylic acids is 3. The topological polar surface area (TPSA) is 128 Å². The van der Waals surface area contributed by atoms with Gasteiger partial charge in [-0.25, -0.2) is 10.4 Å². The fourth-order valence-electron chi connectivity index (χ4n) is 8.57. The highest BCUT2D eigenvalue weighted by atomic mass is 32.1. The fraction of sp³-hybridized carbons (Fsp3) is 0.537. The van der Waals surface area contributed by atoms with Gasteiger partial charge in [0.25, 0.3) is 5.91 Å². The zero-order chi connectivity index (χ0) is 37.4. The number of aryl methyl sites for hydroxylation is 1. The maximum Gasteiger partial charge on any atom is 0.325 e. The number of cyclic esters (lactones) is 1. The second-order valence-electron chi connectivity index (χ2n) is 16.8. The average Bonchev–Trinajstić information content (AvgIpc) is 3.95. The van der Waals surface area contributed by atoms with Crippen molar-refractivity contribution in [3.8, 4) is 22.5 Å². The number of hydrogen-bond donors (Lipinski definition) is 2. The van der Waals surface area contributed by atoms with Crippen LogP contribution in [0.4, 0.5) is 0 Å². The van der Waals surface area contributed by atoms with Gasteiger partial charge in [-0.1, -0.05) is 33.8 Å². The molecule has 3 fully saturated rings. The van der Waals surface area contributed by atoms with Gasteiger partial charge >= 0.3 is 5.97 Å². The standard InChI is InChI=1S/C41H50N6O5S/c1-8-46-32-12-11-24-15-27(32)28(36(46)25-10-9-13-42-34(25)23(3)51-7)17-40(4,5)21-52-39(50)35-29-18-41(29,6)20-47(45-35)38(49)30(16-33-43-31(24)19-53-33)44-37(48)26-14-22(26)2/h9-13,15,19,22-23,26,29-30,35,45H,8,14,16-18,20-21H2,1-7H3,(H,44,48)/t22-,23-,26-,29+,30-,35-,41-/m0/s1. The Morgan fingerprint density at radius 1 is 1.23 bits per heavy atom. The van der Waals surface area contributed by atoms with Crippen molar-refractivity contribution in [1.29, 1.82) is 0 Å². The molecule has 12 heteroatoms. The molecule has 2 aliphatic carbocycles. The molecule has 7 atom stereocenters. The molecule has 0 radical (unpaired) electrons. The van der Waals surface area contributed by atoms with Crippen molar-refractivity contribution in [3.05, 3.63) is 58.2 Å². The van der Waals surface area contributed by atoms with Crippen LogP contribution >= 0.6 is 11.3 Å². The summed E-state index contributed by atoms with van der Waals surface area (Å²) >= 11 is 1.49. The number of pyridine rings is 1. The largest absolute Gasteiger partial charge is 0.464 e. The molecule has 11 nitrogen and oxygen atoms in total. The quantitative estimate of drug-likeness (QED) is 0.227. The molecule has 2 aliphatic heterocycles. The number of benzene rings is 1. The molecular weight excluding hydrogens is 689 g/mol. The van der Waals surface area contributed by atoms with Crippen LogP contribution in [0.2, 0.25) is 0 Å². The van der Waals surface area contributed by atoms with Gasteiger partial charge in [-0.2, -0.15) is 0 Å². The van der Waals surface area contributed by atoms with Gasteiger partial charge < -0.3 is 19.4 Å². The average molecular weight is 739 g/mol. The molecule has 4 aliphatic rings. The molecule has 2 amide bonds. The summed E-state index contributed by atoms with van der Waals surface area (Å²) in [6, 6.07) is 9.09. The molecule has 0 spiro atoms. The SMILES string of the molecule is CCn1c(-c2cccnc2[C@H](C)OC)c2c3cc(ccc31)-c1csc(n1)C[C@H](NC(=O)[C@H]1C[C@@H]1C)C(=O)N1C[C@]3(C)C[C@@H]3[C@H](N1)C(=O)OCC(C)(C)C2. The predicted molar refractivity (Wildman–Crippen MR) is 204 cm³/mol. The third-order valence-electron chi connectivity index (χ3n) is 12.0. The van der Waals surface area contributed by atoms with Gasteiger partial charge in [0.05, 0.1) is 34.8 Å². The monoisotopic (exact) mass is 738 g/mol. The molecule has 1 aromatic carbocycles. The number of rotatable bonds is 6. The zero-order valence-electron chi connectivity index (χ0n) is 31.7. The van der Waals surface area contributed by atoms with Crippen molar-refractivity contribution in [3.63, 3.8) is 0 Å². The van der Waals surface area contributed by atoms with Crippen LogP contribution in [0.5, 0.6) is 0 Å². The van der Waals surface area contributed by atoms with E-state index in [1.165, 1.54) is 11.3 Å². The number of aromatic nitrogens is 3. The number of esters is 1. The first-order valence-electron chi connectivity index (χ1n) is 18.9. The summed E-state index contributed by atoms with van der Waals surface area (Å²) in [7, 11) is 1.70. The van der Waals surface area contributed by atoms with Crippen LogP contribution in [0.25, 0.3) is 33.4 Å². The highest BCUT2D eigenvalue weighted by Crippen LogP contribution is 2.57. The van der Waals surface area contributed by atoms with E-state index in [4.69, 9.17) is 19.4 Å². The first-order chi connectivity index (χ1) is 25.3. The summed E-state index contributed by atoms with van der Waals surface area (Å²) in [4.78, 5) is 51.4. The van der Waals surface area contributed by atoms with Crippen molar-refractivity contribution in [2.24, 2.45) is 28.6 Å². The highest BCUT2D eigenvalue weighted by molar-refractivity contribution is 7.10. The van der Waals surface area contributed by atoms with Crippen molar-refractivity contribution in [2.75, 3.05) is 20.3 Å². The predicted octanol–water partition coefficient (Wildman–Crippen LogP) is 6.10. The minimum Gasteiger partial charge on any atom is -0.464 e. The van der Waals surface area contributed by atoms with Gasteiger partial charge in [-0.3, -0.25) is 24.4 Å². The zero-order valence-corrected chi connectivity index (χ0v) is 32.5. The first-order valence-corrected chi connectivity index (χ1v) is 19.8. The number of methoxy groups -OCH3 is 1. The minimum absolute atomic E-state index is 0.0639. The molecule has 0 unspecified atom stereocenters. The Morgan fingerprint density at radius 3 is 2.75 bits per heavy atom. The van der Waals surface area contributed by atoms with E-state index in [9.17, 15) is 14.4 Å². The number of nitrogens with zero attached hydrogens (tertiary/aromatic N) is 4. The highest BCUT2D eigenvalue weighted by Gasteiger charge is 2.61. The van der Waals surface area contributed by atoms with Gasteiger partial charge in [-0.15, -0.1) is 11.3 Å². The van der Waals surface area contributed by atoms with Gasteiger partial charge in [0.15, 0.2) is 0 Å². The summed E-state index contributed by atoms with van der Waals surface area (Å²) in [6.45, 7) is 14.0. The van der Waals surface area contributed by atoms with Crippen molar-refractivity contribution in [1.82, 2.24) is 30.3 Å². The third-order valence-corrected chi connectivity index (χ3v) is 12.9. The Bertz CT molecular complexity index is 2110. The van der Waals surface area contributed by atoms with E-state index >= 15 is 0 Å². The van der Waals surface area contributed by atoms with Crippen LogP contribution in [0.3, 0.4) is 0 Å². The molecule has 53 heavy (non-hydrogen) atoms. The maximum atomic E-state index is 14.3. The van der Waals surface area contributed by atoms with E-state index in [1.54, 1.807) is 12.1 Å². The van der Waals surface area contributed by atoms with Crippen LogP contribution in [-0.4, -0.2) is 69.7 Å². The van der Waals surface area contributed by atoms with Gasteiger partial charge in [0.1, 0.15) is 12.1 Å². The van der Waals surface area contributed by atoms with Crippen LogP contribution in [-0.2, 0) is 43.2 Å². The van der Waals surface area contributed by atoms with Crippen LogP contribution < -0.4 is 10.7 Å². The normalized spacial score (nSPS) is 28.5. The summed E-state index contributed by atoms with van der Waals surface area (Å²) in [5.74, 6) is -0.444. The van der Waals surface area contributed by atoms with Crippen LogP contribution in [0, 0.1) is 28.6 Å². The number of amides is 2. The number of hydrazine groups is 1. The molecule has 2 saturated carbocycles. The number of fused-ring (bicyclic) bond motifs is 8. The number of ether oxygens (including phenoxy) is 2. The second kappa shape index (κ2) is 13.3. The van der Waals surface area contributed by atoms with Crippen molar-refractivity contribution >= 4 is 40.0 Å². The minimum atomic E-state index is -0.825. The lowest BCUT2D eigenvalue weighted by molar-refractivity contribution is -0.157. The third kappa shape index (κ3) is 6.56. The number of thiazole rings is 1. The van der Waals surface area contributed by atoms with Gasteiger partial charge in [-0.05, 0) is 80.2 Å². The first kappa shape index (κ1) is 35.9. The van der Waals surface area contributed by atoms with E-state index in [0.717, 1.165) is 69.1 Å². The lowest BCUT2D eigenvalue weighted by Crippen LogP contribution is -2.62. The van der Waals surface area contributed by atoms with Crippen LogP contribution in [0.1, 0.15) is 76.8 Å². The molecule has 2 N–H and O–H groups in total. The molecule has 280 valence electrons. The Labute approximate surface area is 314 Å². The molecular formula is C41H50N6O5S. The lowest BCUT2D eigenvalue weighted by Gasteiger charge is -2.38. The molecule has 5 heterocycles. The second-order valence-corrected chi connectivity index (χ2v) is 17.7. The summed E-state index contributed by atoms with van der Waals surface area (Å²) in [5.41, 5.74) is 9.61. The molecule has 6 bridgehead atoms. The maximum absolute atomic E-state index is 14.3. The number of hydrogen-bond acceptors (Lipinski definition) is 9. The van der Waals surface area contributed by atoms with E-state index in [2.05, 4.69) is 74.2 Å². The smallest absolute Gasteiger partial charge is 0.325 e. The fourth-order valence-corrected chi connectivity index (χ4v) is 9.42. The number of carbonyl (C=O) groups is 3. The Kier molecular flexibility index (Phi) is 9.01. The Hall–Kier alpha value is -4.13.